The first-order valence-corrected chi connectivity index (χ1v) is 15.4. The second-order valence-electron chi connectivity index (χ2n) is 9.90. The van der Waals surface area contributed by atoms with Gasteiger partial charge in [0.05, 0.1) is 24.8 Å². The highest BCUT2D eigenvalue weighted by molar-refractivity contribution is 7.92. The summed E-state index contributed by atoms with van der Waals surface area (Å²) in [6, 6.07) is 16.3. The molecular formula is C30H35Cl2N3O6S. The Morgan fingerprint density at radius 1 is 0.881 bits per heavy atom. The van der Waals surface area contributed by atoms with Crippen LogP contribution in [-0.2, 0) is 26.2 Å². The lowest BCUT2D eigenvalue weighted by Crippen LogP contribution is -2.51. The van der Waals surface area contributed by atoms with Crippen LogP contribution in [0.5, 0.6) is 11.5 Å². The van der Waals surface area contributed by atoms with Gasteiger partial charge in [0, 0.05) is 34.8 Å². The van der Waals surface area contributed by atoms with Crippen molar-refractivity contribution in [3.63, 3.8) is 0 Å². The van der Waals surface area contributed by atoms with E-state index in [-0.39, 0.29) is 28.8 Å². The predicted octanol–water partition coefficient (Wildman–Crippen LogP) is 5.40. The van der Waals surface area contributed by atoms with E-state index in [1.165, 1.54) is 43.4 Å². The first-order chi connectivity index (χ1) is 19.9. The van der Waals surface area contributed by atoms with Crippen LogP contribution in [0.15, 0.2) is 71.6 Å². The number of methoxy groups -OCH3 is 2. The molecule has 12 heteroatoms. The van der Waals surface area contributed by atoms with Gasteiger partial charge in [-0.05, 0) is 49.2 Å². The van der Waals surface area contributed by atoms with Crippen LogP contribution >= 0.6 is 23.2 Å². The number of nitrogens with one attached hydrogen (secondary N) is 1. The number of nitrogens with zero attached hydrogens (tertiary/aromatic N) is 2. The van der Waals surface area contributed by atoms with Gasteiger partial charge in [-0.25, -0.2) is 8.42 Å². The summed E-state index contributed by atoms with van der Waals surface area (Å²) in [4.78, 5) is 28.5. The van der Waals surface area contributed by atoms with Crippen molar-refractivity contribution < 1.29 is 27.5 Å². The van der Waals surface area contributed by atoms with Crippen molar-refractivity contribution in [1.29, 1.82) is 0 Å². The maximum atomic E-state index is 14.1. The summed E-state index contributed by atoms with van der Waals surface area (Å²) < 4.78 is 39.6. The quantitative estimate of drug-likeness (QED) is 0.270. The second-order valence-corrected chi connectivity index (χ2v) is 12.6. The van der Waals surface area contributed by atoms with Crippen molar-refractivity contribution in [3.05, 3.63) is 82.3 Å². The van der Waals surface area contributed by atoms with E-state index in [1.807, 2.05) is 13.8 Å². The van der Waals surface area contributed by atoms with Gasteiger partial charge in [0.1, 0.15) is 12.6 Å². The van der Waals surface area contributed by atoms with Crippen LogP contribution in [0.3, 0.4) is 0 Å². The molecule has 0 aliphatic carbocycles. The third kappa shape index (κ3) is 7.87. The molecule has 2 amide bonds. The molecule has 3 aromatic rings. The minimum absolute atomic E-state index is 0.0176. The number of anilines is 1. The molecule has 0 bridgehead atoms. The Hall–Kier alpha value is -3.47. The van der Waals surface area contributed by atoms with E-state index in [1.54, 1.807) is 49.4 Å². The number of carbonyl (C=O) groups excluding carboxylic acids is 2. The highest BCUT2D eigenvalue weighted by atomic mass is 35.5. The molecule has 0 spiro atoms. The highest BCUT2D eigenvalue weighted by Crippen LogP contribution is 2.34. The Morgan fingerprint density at radius 3 is 2.07 bits per heavy atom. The molecule has 42 heavy (non-hydrogen) atoms. The molecule has 226 valence electrons. The van der Waals surface area contributed by atoms with Crippen LogP contribution in [0.2, 0.25) is 10.0 Å². The molecule has 0 saturated heterocycles. The van der Waals surface area contributed by atoms with E-state index in [9.17, 15) is 18.0 Å². The van der Waals surface area contributed by atoms with Gasteiger partial charge in [-0.15, -0.1) is 0 Å². The molecule has 0 aromatic heterocycles. The molecule has 0 aliphatic heterocycles. The van der Waals surface area contributed by atoms with Crippen LogP contribution in [0.1, 0.15) is 26.3 Å². The van der Waals surface area contributed by atoms with Gasteiger partial charge in [0.25, 0.3) is 10.0 Å². The monoisotopic (exact) mass is 635 g/mol. The number of carbonyl (C=O) groups is 2. The summed E-state index contributed by atoms with van der Waals surface area (Å²) in [5.41, 5.74) is 0.596. The van der Waals surface area contributed by atoms with Crippen LogP contribution in [0.4, 0.5) is 5.69 Å². The molecule has 3 rings (SSSR count). The number of amides is 2. The summed E-state index contributed by atoms with van der Waals surface area (Å²) >= 11 is 12.9. The summed E-state index contributed by atoms with van der Waals surface area (Å²) in [6.45, 7) is 5.12. The van der Waals surface area contributed by atoms with Gasteiger partial charge in [-0.3, -0.25) is 13.9 Å². The summed E-state index contributed by atoms with van der Waals surface area (Å²) in [5, 5.41) is 3.46. The zero-order valence-electron chi connectivity index (χ0n) is 24.1. The number of ether oxygens (including phenoxy) is 2. The molecule has 0 fully saturated rings. The summed E-state index contributed by atoms with van der Waals surface area (Å²) in [7, 11) is -1.36. The van der Waals surface area contributed by atoms with Crippen LogP contribution < -0.4 is 19.1 Å². The lowest BCUT2D eigenvalue weighted by Gasteiger charge is -2.32. The fourth-order valence-electron chi connectivity index (χ4n) is 4.12. The maximum Gasteiger partial charge on any atom is 0.264 e. The molecule has 3 aromatic carbocycles. The van der Waals surface area contributed by atoms with E-state index < -0.39 is 34.4 Å². The normalized spacial score (nSPS) is 12.0. The predicted molar refractivity (Wildman–Crippen MR) is 165 cm³/mol. The van der Waals surface area contributed by atoms with E-state index in [2.05, 4.69) is 5.32 Å². The van der Waals surface area contributed by atoms with Gasteiger partial charge in [0.15, 0.2) is 11.5 Å². The molecule has 1 unspecified atom stereocenters. The number of halogens is 2. The number of hydrogen-bond donors (Lipinski definition) is 1. The fraction of sp³-hybridized carbons (Fsp3) is 0.333. The van der Waals surface area contributed by atoms with Gasteiger partial charge in [-0.2, -0.15) is 0 Å². The van der Waals surface area contributed by atoms with Crippen molar-refractivity contribution in [1.82, 2.24) is 10.2 Å². The lowest BCUT2D eigenvalue weighted by atomic mass is 10.1. The maximum absolute atomic E-state index is 14.1. The highest BCUT2D eigenvalue weighted by Gasteiger charge is 2.33. The standard InChI is InChI=1S/C30H35Cl2N3O6S/c1-20(2)17-33-30(37)21(3)34(18-24-25(31)12-9-13-26(24)32)29(36)19-35(42(38,39)23-10-7-6-8-11-23)22-14-15-27(40-4)28(16-22)41-5/h6-16,20-21H,17-19H2,1-5H3,(H,33,37). The Kier molecular flexibility index (Phi) is 11.5. The third-order valence-electron chi connectivity index (χ3n) is 6.51. The Bertz CT molecular complexity index is 1480. The first-order valence-electron chi connectivity index (χ1n) is 13.2. The molecule has 0 aliphatic rings. The molecule has 1 atom stereocenters. The van der Waals surface area contributed by atoms with Crippen LogP contribution in [-0.4, -0.2) is 58.5 Å². The van der Waals surface area contributed by atoms with E-state index >= 15 is 0 Å². The van der Waals surface area contributed by atoms with Crippen molar-refractivity contribution in [2.45, 2.75) is 38.3 Å². The minimum Gasteiger partial charge on any atom is -0.493 e. The fourth-order valence-corrected chi connectivity index (χ4v) is 6.06. The van der Waals surface area contributed by atoms with E-state index in [4.69, 9.17) is 32.7 Å². The largest absolute Gasteiger partial charge is 0.493 e. The Balaban J connectivity index is 2.10. The smallest absolute Gasteiger partial charge is 0.264 e. The number of hydrogen-bond acceptors (Lipinski definition) is 6. The number of sulfonamides is 1. The third-order valence-corrected chi connectivity index (χ3v) is 9.00. The molecular weight excluding hydrogens is 601 g/mol. The summed E-state index contributed by atoms with van der Waals surface area (Å²) in [6.07, 6.45) is 0. The SMILES string of the molecule is COc1ccc(N(CC(=O)N(Cc2c(Cl)cccc2Cl)C(C)C(=O)NCC(C)C)S(=O)(=O)c2ccccc2)cc1OC. The van der Waals surface area contributed by atoms with Crippen molar-refractivity contribution >= 4 is 50.7 Å². The minimum atomic E-state index is -4.25. The van der Waals surface area contributed by atoms with Crippen LogP contribution in [0.25, 0.3) is 0 Å². The molecule has 0 heterocycles. The molecule has 0 saturated carbocycles. The van der Waals surface area contributed by atoms with Crippen molar-refractivity contribution in [3.8, 4) is 11.5 Å². The van der Waals surface area contributed by atoms with E-state index in [0.29, 0.717) is 27.9 Å². The molecule has 0 radical (unpaired) electrons. The topological polar surface area (TPSA) is 105 Å². The second kappa shape index (κ2) is 14.6. The van der Waals surface area contributed by atoms with Crippen LogP contribution in [0, 0.1) is 5.92 Å². The average molecular weight is 637 g/mol. The van der Waals surface area contributed by atoms with Crippen molar-refractivity contribution in [2.24, 2.45) is 5.92 Å². The summed E-state index contributed by atoms with van der Waals surface area (Å²) in [5.74, 6) is -0.205. The Labute approximate surface area is 257 Å². The zero-order valence-corrected chi connectivity index (χ0v) is 26.5. The average Bonchev–Trinajstić information content (AvgIpc) is 2.98. The first kappa shape index (κ1) is 33.0. The van der Waals surface area contributed by atoms with Gasteiger partial charge >= 0.3 is 0 Å². The number of rotatable bonds is 13. The Morgan fingerprint density at radius 2 is 1.50 bits per heavy atom. The van der Waals surface area contributed by atoms with Gasteiger partial charge < -0.3 is 19.7 Å². The van der Waals surface area contributed by atoms with Crippen molar-refractivity contribution in [2.75, 3.05) is 31.6 Å². The van der Waals surface area contributed by atoms with Gasteiger partial charge in [0.2, 0.25) is 11.8 Å². The molecule has 1 N–H and O–H groups in total. The zero-order chi connectivity index (χ0) is 31.0. The number of benzene rings is 3. The lowest BCUT2D eigenvalue weighted by molar-refractivity contribution is -0.139. The van der Waals surface area contributed by atoms with Gasteiger partial charge in [-0.1, -0.05) is 61.3 Å². The van der Waals surface area contributed by atoms with E-state index in [0.717, 1.165) is 4.31 Å². The molecule has 9 nitrogen and oxygen atoms in total.